The molecule has 2 aromatic rings. The highest BCUT2D eigenvalue weighted by atomic mass is 16.5. The Bertz CT molecular complexity index is 750. The van der Waals surface area contributed by atoms with E-state index in [0.29, 0.717) is 5.56 Å². The second kappa shape index (κ2) is 9.94. The Morgan fingerprint density at radius 1 is 1.12 bits per heavy atom. The van der Waals surface area contributed by atoms with Crippen LogP contribution in [0.5, 0.6) is 5.75 Å². The van der Waals surface area contributed by atoms with Gasteiger partial charge in [0, 0.05) is 58.1 Å². The monoisotopic (exact) mass is 355 g/mol. The predicted molar refractivity (Wildman–Crippen MR) is 108 cm³/mol. The van der Waals surface area contributed by atoms with Crippen LogP contribution in [0, 0.1) is 0 Å². The molecule has 0 aromatic heterocycles. The Morgan fingerprint density at radius 2 is 1.77 bits per heavy atom. The van der Waals surface area contributed by atoms with Crippen molar-refractivity contribution in [2.24, 2.45) is 0 Å². The van der Waals surface area contributed by atoms with E-state index in [2.05, 4.69) is 17.3 Å². The number of hydrogen-bond donors (Lipinski definition) is 1. The van der Waals surface area contributed by atoms with Gasteiger partial charge in [-0.2, -0.15) is 0 Å². The molecule has 0 amide bonds. The lowest BCUT2D eigenvalue weighted by Gasteiger charge is -2.21. The van der Waals surface area contributed by atoms with Gasteiger partial charge in [0.05, 0.1) is 7.11 Å². The highest BCUT2D eigenvalue weighted by Crippen LogP contribution is 2.22. The van der Waals surface area contributed by atoms with Gasteiger partial charge in [-0.05, 0) is 36.0 Å². The molecule has 1 saturated heterocycles. The molecular formula is C21H29N3O2. The smallest absolute Gasteiger partial charge is 0.187 e. The molecule has 0 bridgehead atoms. The SMILES string of the molecule is CN1CCNCC1.COc1ccc2cc(C(=O)/C=C/N(C)C)ccc2c1. The second-order valence-corrected chi connectivity index (χ2v) is 6.62. The number of carbonyl (C=O) groups is 1. The summed E-state index contributed by atoms with van der Waals surface area (Å²) >= 11 is 0. The maximum atomic E-state index is 12.0. The Hall–Kier alpha value is -2.37. The third-order valence-electron chi connectivity index (χ3n) is 4.20. The lowest BCUT2D eigenvalue weighted by atomic mass is 10.0. The molecule has 2 aromatic carbocycles. The first-order valence-electron chi connectivity index (χ1n) is 8.85. The number of hydrogen-bond acceptors (Lipinski definition) is 5. The lowest BCUT2D eigenvalue weighted by Crippen LogP contribution is -2.40. The molecule has 0 saturated carbocycles. The first-order chi connectivity index (χ1) is 12.5. The summed E-state index contributed by atoms with van der Waals surface area (Å²) in [5.41, 5.74) is 0.691. The van der Waals surface area contributed by atoms with Crippen molar-refractivity contribution in [1.82, 2.24) is 15.1 Å². The van der Waals surface area contributed by atoms with Gasteiger partial charge in [-0.1, -0.05) is 18.2 Å². The number of piperazine rings is 1. The summed E-state index contributed by atoms with van der Waals surface area (Å²) < 4.78 is 5.18. The number of methoxy groups -OCH3 is 1. The molecule has 3 rings (SSSR count). The molecule has 5 nitrogen and oxygen atoms in total. The van der Waals surface area contributed by atoms with Crippen LogP contribution in [0.3, 0.4) is 0 Å². The van der Waals surface area contributed by atoms with Crippen LogP contribution < -0.4 is 10.1 Å². The van der Waals surface area contributed by atoms with Crippen LogP contribution in [0.25, 0.3) is 10.8 Å². The molecule has 1 heterocycles. The summed E-state index contributed by atoms with van der Waals surface area (Å²) in [6.45, 7) is 4.74. The van der Waals surface area contributed by atoms with Gasteiger partial charge < -0.3 is 19.9 Å². The highest BCUT2D eigenvalue weighted by Gasteiger charge is 2.04. The van der Waals surface area contributed by atoms with Gasteiger partial charge in [0.15, 0.2) is 5.78 Å². The van der Waals surface area contributed by atoms with E-state index in [0.717, 1.165) is 29.6 Å². The van der Waals surface area contributed by atoms with Gasteiger partial charge in [-0.25, -0.2) is 0 Å². The number of benzene rings is 2. The first kappa shape index (κ1) is 19.9. The molecule has 5 heteroatoms. The predicted octanol–water partition coefficient (Wildman–Crippen LogP) is 2.63. The van der Waals surface area contributed by atoms with E-state index in [9.17, 15) is 4.79 Å². The average molecular weight is 355 g/mol. The number of carbonyl (C=O) groups excluding carboxylic acids is 1. The van der Waals surface area contributed by atoms with Crippen molar-refractivity contribution >= 4 is 16.6 Å². The van der Waals surface area contributed by atoms with E-state index in [1.54, 1.807) is 19.4 Å². The molecule has 0 aliphatic carbocycles. The van der Waals surface area contributed by atoms with E-state index in [1.807, 2.05) is 55.4 Å². The molecule has 26 heavy (non-hydrogen) atoms. The van der Waals surface area contributed by atoms with Gasteiger partial charge in [-0.15, -0.1) is 0 Å². The Kier molecular flexibility index (Phi) is 7.63. The molecule has 0 spiro atoms. The fraction of sp³-hybridized carbons (Fsp3) is 0.381. The van der Waals surface area contributed by atoms with E-state index < -0.39 is 0 Å². The van der Waals surface area contributed by atoms with Gasteiger partial charge in [0.2, 0.25) is 0 Å². The largest absolute Gasteiger partial charge is 0.497 e. The minimum Gasteiger partial charge on any atom is -0.497 e. The molecule has 1 aliphatic rings. The third kappa shape index (κ3) is 6.17. The van der Waals surface area contributed by atoms with Crippen molar-refractivity contribution in [3.05, 3.63) is 54.2 Å². The van der Waals surface area contributed by atoms with Gasteiger partial charge in [0.25, 0.3) is 0 Å². The summed E-state index contributed by atoms with van der Waals surface area (Å²) in [5, 5.41) is 5.37. The minimum atomic E-state index is 0.00594. The Morgan fingerprint density at radius 3 is 2.35 bits per heavy atom. The van der Waals surface area contributed by atoms with Crippen LogP contribution in [0.1, 0.15) is 10.4 Å². The second-order valence-electron chi connectivity index (χ2n) is 6.62. The summed E-state index contributed by atoms with van der Waals surface area (Å²) in [4.78, 5) is 16.1. The first-order valence-corrected chi connectivity index (χ1v) is 8.85. The van der Waals surface area contributed by atoms with Crippen molar-refractivity contribution in [1.29, 1.82) is 0 Å². The summed E-state index contributed by atoms with van der Waals surface area (Å²) in [7, 11) is 7.57. The fourth-order valence-corrected chi connectivity index (χ4v) is 2.59. The molecule has 1 N–H and O–H groups in total. The number of fused-ring (bicyclic) bond motifs is 1. The summed E-state index contributed by atoms with van der Waals surface area (Å²) in [6, 6.07) is 11.5. The van der Waals surface area contributed by atoms with E-state index in [1.165, 1.54) is 13.1 Å². The number of nitrogens with zero attached hydrogens (tertiary/aromatic N) is 2. The van der Waals surface area contributed by atoms with Gasteiger partial charge in [-0.3, -0.25) is 4.79 Å². The summed E-state index contributed by atoms with van der Waals surface area (Å²) in [6.07, 6.45) is 3.32. The van der Waals surface area contributed by atoms with Crippen molar-refractivity contribution in [2.45, 2.75) is 0 Å². The highest BCUT2D eigenvalue weighted by molar-refractivity contribution is 6.06. The normalized spacial score (nSPS) is 14.8. The molecule has 0 atom stereocenters. The van der Waals surface area contributed by atoms with E-state index >= 15 is 0 Å². The van der Waals surface area contributed by atoms with Crippen molar-refractivity contribution in [3.8, 4) is 5.75 Å². The summed E-state index contributed by atoms with van der Waals surface area (Å²) in [5.74, 6) is 0.825. The van der Waals surface area contributed by atoms with Crippen LogP contribution in [-0.4, -0.2) is 70.0 Å². The zero-order chi connectivity index (χ0) is 18.9. The molecule has 0 unspecified atom stereocenters. The number of likely N-dealkylation sites (N-methyl/N-ethyl adjacent to an activating group) is 1. The molecule has 1 fully saturated rings. The third-order valence-corrected chi connectivity index (χ3v) is 4.20. The van der Waals surface area contributed by atoms with E-state index in [-0.39, 0.29) is 5.78 Å². The number of nitrogens with one attached hydrogen (secondary N) is 1. The standard InChI is InChI=1S/C16H17NO2.C5H12N2/c1-17(2)9-8-16(18)14-5-4-13-11-15(19-3)7-6-12(13)10-14;1-7-4-2-6-3-5-7/h4-11H,1-3H3;6H,2-5H2,1H3/b9-8+;. The van der Waals surface area contributed by atoms with Crippen LogP contribution in [0.4, 0.5) is 0 Å². The number of ketones is 1. The molecular weight excluding hydrogens is 326 g/mol. The topological polar surface area (TPSA) is 44.8 Å². The van der Waals surface area contributed by atoms with E-state index in [4.69, 9.17) is 4.74 Å². The van der Waals surface area contributed by atoms with Gasteiger partial charge in [0.1, 0.15) is 5.75 Å². The zero-order valence-corrected chi connectivity index (χ0v) is 16.2. The maximum absolute atomic E-state index is 12.0. The number of ether oxygens (including phenoxy) is 1. The number of rotatable bonds is 4. The van der Waals surface area contributed by atoms with Crippen molar-refractivity contribution < 1.29 is 9.53 Å². The molecule has 0 radical (unpaired) electrons. The van der Waals surface area contributed by atoms with Crippen molar-refractivity contribution in [3.63, 3.8) is 0 Å². The number of allylic oxidation sites excluding steroid dienone is 1. The fourth-order valence-electron chi connectivity index (χ4n) is 2.59. The zero-order valence-electron chi connectivity index (χ0n) is 16.2. The van der Waals surface area contributed by atoms with Crippen LogP contribution in [0.15, 0.2) is 48.7 Å². The molecule has 140 valence electrons. The lowest BCUT2D eigenvalue weighted by molar-refractivity contribution is 0.104. The minimum absolute atomic E-state index is 0.00594. The maximum Gasteiger partial charge on any atom is 0.187 e. The average Bonchev–Trinajstić information content (AvgIpc) is 2.66. The quantitative estimate of drug-likeness (QED) is 0.675. The van der Waals surface area contributed by atoms with Gasteiger partial charge >= 0.3 is 0 Å². The Labute approximate surface area is 156 Å². The molecule has 1 aliphatic heterocycles. The van der Waals surface area contributed by atoms with Crippen molar-refractivity contribution in [2.75, 3.05) is 54.4 Å². The van der Waals surface area contributed by atoms with Crippen LogP contribution in [0.2, 0.25) is 0 Å². The Balaban J connectivity index is 0.000000290. The van der Waals surface area contributed by atoms with Crippen LogP contribution >= 0.6 is 0 Å². The van der Waals surface area contributed by atoms with Crippen LogP contribution in [-0.2, 0) is 0 Å².